The Morgan fingerprint density at radius 2 is 2.05 bits per heavy atom. The van der Waals surface area contributed by atoms with Gasteiger partial charge >= 0.3 is 5.69 Å². The van der Waals surface area contributed by atoms with Gasteiger partial charge < -0.3 is 15.3 Å². The Morgan fingerprint density at radius 1 is 1.29 bits per heavy atom. The summed E-state index contributed by atoms with van der Waals surface area (Å²) in [6.45, 7) is 2.04. The number of benzene rings is 1. The SMILES string of the molecule is CC(Nc1cnc(Cl)c(Br)c1)c1ccc2[nH]c(=O)[nH]c2c1. The number of rotatable bonds is 3. The van der Waals surface area contributed by atoms with E-state index in [1.165, 1.54) is 0 Å². The zero-order valence-electron chi connectivity index (χ0n) is 11.1. The number of halogens is 2. The quantitative estimate of drug-likeness (QED) is 0.616. The van der Waals surface area contributed by atoms with Crippen molar-refractivity contribution < 1.29 is 0 Å². The van der Waals surface area contributed by atoms with E-state index in [9.17, 15) is 4.79 Å². The molecule has 3 aromatic rings. The van der Waals surface area contributed by atoms with Gasteiger partial charge in [0.25, 0.3) is 0 Å². The molecule has 0 bridgehead atoms. The van der Waals surface area contributed by atoms with Gasteiger partial charge in [-0.2, -0.15) is 0 Å². The Bertz CT molecular complexity index is 858. The van der Waals surface area contributed by atoms with Gasteiger partial charge in [-0.15, -0.1) is 0 Å². The van der Waals surface area contributed by atoms with Crippen molar-refractivity contribution in [2.75, 3.05) is 5.32 Å². The Hall–Kier alpha value is -1.79. The number of aromatic nitrogens is 3. The predicted octanol–water partition coefficient (Wildman–Crippen LogP) is 3.84. The number of nitrogens with zero attached hydrogens (tertiary/aromatic N) is 1. The van der Waals surface area contributed by atoms with E-state index >= 15 is 0 Å². The number of aromatic amines is 2. The second-order valence-corrected chi connectivity index (χ2v) is 5.96. The zero-order chi connectivity index (χ0) is 15.0. The number of fused-ring (bicyclic) bond motifs is 1. The van der Waals surface area contributed by atoms with Gasteiger partial charge in [-0.1, -0.05) is 17.7 Å². The molecule has 7 heteroatoms. The predicted molar refractivity (Wildman–Crippen MR) is 87.9 cm³/mol. The van der Waals surface area contributed by atoms with Crippen LogP contribution in [-0.4, -0.2) is 15.0 Å². The molecule has 1 aromatic carbocycles. The first kappa shape index (κ1) is 14.2. The van der Waals surface area contributed by atoms with Crippen molar-refractivity contribution in [1.82, 2.24) is 15.0 Å². The molecule has 0 amide bonds. The van der Waals surface area contributed by atoms with Crippen LogP contribution in [0.15, 0.2) is 39.7 Å². The Morgan fingerprint density at radius 3 is 2.81 bits per heavy atom. The van der Waals surface area contributed by atoms with Crippen molar-refractivity contribution >= 4 is 44.3 Å². The molecule has 0 saturated heterocycles. The van der Waals surface area contributed by atoms with Crippen molar-refractivity contribution in [3.8, 4) is 0 Å². The van der Waals surface area contributed by atoms with Gasteiger partial charge in [-0.25, -0.2) is 9.78 Å². The zero-order valence-corrected chi connectivity index (χ0v) is 13.4. The molecule has 2 heterocycles. The van der Waals surface area contributed by atoms with E-state index in [0.29, 0.717) is 5.15 Å². The van der Waals surface area contributed by atoms with E-state index in [4.69, 9.17) is 11.6 Å². The minimum atomic E-state index is -0.200. The third-order valence-electron chi connectivity index (χ3n) is 3.22. The van der Waals surface area contributed by atoms with E-state index in [2.05, 4.69) is 36.2 Å². The minimum absolute atomic E-state index is 0.0580. The van der Waals surface area contributed by atoms with Crippen LogP contribution in [0.3, 0.4) is 0 Å². The smallest absolute Gasteiger partial charge is 0.323 e. The summed E-state index contributed by atoms with van der Waals surface area (Å²) in [5.41, 5.74) is 3.31. The van der Waals surface area contributed by atoms with Crippen LogP contribution >= 0.6 is 27.5 Å². The van der Waals surface area contributed by atoms with Gasteiger partial charge in [-0.3, -0.25) is 0 Å². The first-order valence-corrected chi connectivity index (χ1v) is 7.49. The molecule has 5 nitrogen and oxygen atoms in total. The summed E-state index contributed by atoms with van der Waals surface area (Å²) in [6.07, 6.45) is 1.68. The van der Waals surface area contributed by atoms with Gasteiger partial charge in [0.05, 0.1) is 27.4 Å². The maximum atomic E-state index is 11.3. The number of anilines is 1. The van der Waals surface area contributed by atoms with Crippen LogP contribution in [0.5, 0.6) is 0 Å². The molecular weight excluding hydrogens is 356 g/mol. The molecule has 0 radical (unpaired) electrons. The van der Waals surface area contributed by atoms with Crippen LogP contribution in [0.25, 0.3) is 11.0 Å². The summed E-state index contributed by atoms with van der Waals surface area (Å²) in [7, 11) is 0. The number of imidazole rings is 1. The molecule has 21 heavy (non-hydrogen) atoms. The van der Waals surface area contributed by atoms with Crippen LogP contribution in [-0.2, 0) is 0 Å². The molecule has 1 atom stereocenters. The first-order valence-electron chi connectivity index (χ1n) is 6.32. The summed E-state index contributed by atoms with van der Waals surface area (Å²) in [4.78, 5) is 20.8. The number of pyridine rings is 1. The topological polar surface area (TPSA) is 73.6 Å². The van der Waals surface area contributed by atoms with Crippen LogP contribution in [0, 0.1) is 0 Å². The summed E-state index contributed by atoms with van der Waals surface area (Å²) < 4.78 is 0.742. The van der Waals surface area contributed by atoms with E-state index < -0.39 is 0 Å². The summed E-state index contributed by atoms with van der Waals surface area (Å²) >= 11 is 9.23. The van der Waals surface area contributed by atoms with Crippen LogP contribution in [0.1, 0.15) is 18.5 Å². The second kappa shape index (κ2) is 5.54. The third-order valence-corrected chi connectivity index (χ3v) is 4.35. The fraction of sp³-hybridized carbons (Fsp3) is 0.143. The lowest BCUT2D eigenvalue weighted by atomic mass is 10.1. The summed E-state index contributed by atoms with van der Waals surface area (Å²) in [5, 5.41) is 3.77. The number of H-pyrrole nitrogens is 2. The highest BCUT2D eigenvalue weighted by Crippen LogP contribution is 2.26. The van der Waals surface area contributed by atoms with E-state index in [1.807, 2.05) is 31.2 Å². The van der Waals surface area contributed by atoms with E-state index in [1.54, 1.807) is 6.20 Å². The Labute approximate surface area is 133 Å². The van der Waals surface area contributed by atoms with Crippen LogP contribution < -0.4 is 11.0 Å². The van der Waals surface area contributed by atoms with Crippen LogP contribution in [0.4, 0.5) is 5.69 Å². The summed E-state index contributed by atoms with van der Waals surface area (Å²) in [6, 6.07) is 7.74. The highest BCUT2D eigenvalue weighted by Gasteiger charge is 2.09. The lowest BCUT2D eigenvalue weighted by Crippen LogP contribution is -2.06. The monoisotopic (exact) mass is 366 g/mol. The highest BCUT2D eigenvalue weighted by atomic mass is 79.9. The molecule has 0 fully saturated rings. The van der Waals surface area contributed by atoms with Crippen molar-refractivity contribution in [2.24, 2.45) is 0 Å². The van der Waals surface area contributed by atoms with Gasteiger partial charge in [0, 0.05) is 6.04 Å². The number of nitrogens with one attached hydrogen (secondary N) is 3. The fourth-order valence-electron chi connectivity index (χ4n) is 2.15. The largest absolute Gasteiger partial charge is 0.377 e. The molecule has 0 aliphatic rings. The minimum Gasteiger partial charge on any atom is -0.377 e. The number of hydrogen-bond donors (Lipinski definition) is 3. The molecule has 0 saturated carbocycles. The van der Waals surface area contributed by atoms with Crippen molar-refractivity contribution in [3.05, 3.63) is 56.1 Å². The van der Waals surface area contributed by atoms with Crippen molar-refractivity contribution in [1.29, 1.82) is 0 Å². The highest BCUT2D eigenvalue weighted by molar-refractivity contribution is 9.10. The molecule has 3 rings (SSSR count). The van der Waals surface area contributed by atoms with Crippen molar-refractivity contribution in [3.63, 3.8) is 0 Å². The van der Waals surface area contributed by atoms with Gasteiger partial charge in [0.15, 0.2) is 0 Å². The average Bonchev–Trinajstić information content (AvgIpc) is 2.82. The lowest BCUT2D eigenvalue weighted by molar-refractivity contribution is 0.884. The van der Waals surface area contributed by atoms with Gasteiger partial charge in [0.1, 0.15) is 5.15 Å². The van der Waals surface area contributed by atoms with E-state index in [-0.39, 0.29) is 11.7 Å². The molecule has 108 valence electrons. The van der Waals surface area contributed by atoms with Crippen LogP contribution in [0.2, 0.25) is 5.15 Å². The lowest BCUT2D eigenvalue weighted by Gasteiger charge is -2.16. The second-order valence-electron chi connectivity index (χ2n) is 4.75. The number of hydrogen-bond acceptors (Lipinski definition) is 3. The molecule has 0 spiro atoms. The molecule has 3 N–H and O–H groups in total. The average molecular weight is 368 g/mol. The van der Waals surface area contributed by atoms with Crippen molar-refractivity contribution in [2.45, 2.75) is 13.0 Å². The molecule has 2 aromatic heterocycles. The maximum absolute atomic E-state index is 11.3. The third kappa shape index (κ3) is 2.96. The summed E-state index contributed by atoms with van der Waals surface area (Å²) in [5.74, 6) is 0. The normalized spacial score (nSPS) is 12.5. The first-order chi connectivity index (χ1) is 10.0. The molecular formula is C14H12BrClN4O. The Kier molecular flexibility index (Phi) is 3.73. The fourth-order valence-corrected chi connectivity index (χ4v) is 2.61. The van der Waals surface area contributed by atoms with Gasteiger partial charge in [0.2, 0.25) is 0 Å². The standard InChI is InChI=1S/C14H12BrClN4O/c1-7(18-9-5-10(15)13(16)17-6-9)8-2-3-11-12(4-8)20-14(21)19-11/h2-7,18H,1H3,(H2,19,20,21). The van der Waals surface area contributed by atoms with Gasteiger partial charge in [-0.05, 0) is 46.6 Å². The van der Waals surface area contributed by atoms with E-state index in [0.717, 1.165) is 26.8 Å². The molecule has 0 aliphatic carbocycles. The molecule has 1 unspecified atom stereocenters. The Balaban J connectivity index is 1.87. The maximum Gasteiger partial charge on any atom is 0.323 e. The molecule has 0 aliphatic heterocycles.